The fourth-order valence-corrected chi connectivity index (χ4v) is 3.75. The molecule has 1 aliphatic rings. The van der Waals surface area contributed by atoms with Crippen LogP contribution < -0.4 is 15.8 Å². The number of anilines is 2. The second kappa shape index (κ2) is 5.47. The molecule has 1 aromatic carbocycles. The van der Waals surface area contributed by atoms with Gasteiger partial charge in [0.25, 0.3) is 0 Å². The minimum absolute atomic E-state index is 0.0817. The summed E-state index contributed by atoms with van der Waals surface area (Å²) in [4.78, 5) is 4.26. The lowest BCUT2D eigenvalue weighted by Gasteiger charge is -2.49. The maximum absolute atomic E-state index is 11.8. The van der Waals surface area contributed by atoms with Crippen LogP contribution in [0.2, 0.25) is 0 Å². The lowest BCUT2D eigenvalue weighted by molar-refractivity contribution is 0.0682. The molecule has 0 radical (unpaired) electrons. The first kappa shape index (κ1) is 16.1. The van der Waals surface area contributed by atoms with Crippen LogP contribution in [0.4, 0.5) is 11.4 Å². The van der Waals surface area contributed by atoms with E-state index in [1.807, 2.05) is 11.9 Å². The molecule has 7 heteroatoms. The summed E-state index contributed by atoms with van der Waals surface area (Å²) < 4.78 is 23.6. The Morgan fingerprint density at radius 2 is 1.86 bits per heavy atom. The van der Waals surface area contributed by atoms with E-state index in [1.54, 1.807) is 12.1 Å². The second-order valence-electron chi connectivity index (χ2n) is 6.10. The summed E-state index contributed by atoms with van der Waals surface area (Å²) in [6, 6.07) is 4.84. The molecule has 2 rings (SSSR count). The van der Waals surface area contributed by atoms with Crippen molar-refractivity contribution in [3.63, 3.8) is 0 Å². The standard InChI is InChI=1S/C14H24N4O2S/c1-17(2)14(7-4-8-14)10-18(3)12-6-5-11(15)9-13(12)21(16,19)20/h5-6,9H,4,7-8,10,15H2,1-3H3,(H2,16,19,20). The molecule has 0 heterocycles. The highest BCUT2D eigenvalue weighted by atomic mass is 32.2. The van der Waals surface area contributed by atoms with Gasteiger partial charge in [-0.1, -0.05) is 0 Å². The molecule has 6 nitrogen and oxygen atoms in total. The summed E-state index contributed by atoms with van der Waals surface area (Å²) in [5.41, 5.74) is 6.78. The number of nitrogens with two attached hydrogens (primary N) is 2. The third-order valence-electron chi connectivity index (χ3n) is 4.47. The highest BCUT2D eigenvalue weighted by Crippen LogP contribution is 2.38. The van der Waals surface area contributed by atoms with Crippen molar-refractivity contribution in [2.75, 3.05) is 38.3 Å². The van der Waals surface area contributed by atoms with E-state index in [0.29, 0.717) is 11.4 Å². The molecule has 118 valence electrons. The average molecular weight is 312 g/mol. The summed E-state index contributed by atoms with van der Waals surface area (Å²) in [6.45, 7) is 0.756. The smallest absolute Gasteiger partial charge is 0.240 e. The first-order chi connectivity index (χ1) is 9.66. The molecule has 0 aromatic heterocycles. The molecule has 1 fully saturated rings. The number of hydrogen-bond donors (Lipinski definition) is 2. The van der Waals surface area contributed by atoms with Gasteiger partial charge in [-0.2, -0.15) is 0 Å². The van der Waals surface area contributed by atoms with Gasteiger partial charge < -0.3 is 15.5 Å². The summed E-state index contributed by atoms with van der Waals surface area (Å²) in [5.74, 6) is 0. The molecule has 21 heavy (non-hydrogen) atoms. The van der Waals surface area contributed by atoms with Crippen molar-refractivity contribution < 1.29 is 8.42 Å². The van der Waals surface area contributed by atoms with E-state index >= 15 is 0 Å². The Hall–Kier alpha value is -1.31. The molecular formula is C14H24N4O2S. The Balaban J connectivity index is 2.34. The van der Waals surface area contributed by atoms with E-state index in [1.165, 1.54) is 12.5 Å². The minimum Gasteiger partial charge on any atom is -0.399 e. The third-order valence-corrected chi connectivity index (χ3v) is 5.41. The van der Waals surface area contributed by atoms with Gasteiger partial charge in [0.1, 0.15) is 4.90 Å². The van der Waals surface area contributed by atoms with Crippen LogP contribution in [0.5, 0.6) is 0 Å². The molecule has 0 bridgehead atoms. The second-order valence-corrected chi connectivity index (χ2v) is 7.63. The van der Waals surface area contributed by atoms with Gasteiger partial charge in [0.05, 0.1) is 5.69 Å². The van der Waals surface area contributed by atoms with Crippen molar-refractivity contribution in [2.24, 2.45) is 5.14 Å². The van der Waals surface area contributed by atoms with Gasteiger partial charge in [0, 0.05) is 24.8 Å². The van der Waals surface area contributed by atoms with Crippen molar-refractivity contribution in [1.29, 1.82) is 0 Å². The number of nitrogen functional groups attached to an aromatic ring is 1. The fraction of sp³-hybridized carbons (Fsp3) is 0.571. The Bertz CT molecular complexity index is 624. The topological polar surface area (TPSA) is 92.7 Å². The third kappa shape index (κ3) is 3.14. The molecular weight excluding hydrogens is 288 g/mol. The van der Waals surface area contributed by atoms with Crippen molar-refractivity contribution in [3.8, 4) is 0 Å². The van der Waals surface area contributed by atoms with Crippen molar-refractivity contribution >= 4 is 21.4 Å². The molecule has 1 aliphatic carbocycles. The highest BCUT2D eigenvalue weighted by molar-refractivity contribution is 7.89. The fourth-order valence-electron chi connectivity index (χ4n) is 2.93. The molecule has 1 aromatic rings. The molecule has 0 unspecified atom stereocenters. The zero-order valence-electron chi connectivity index (χ0n) is 12.8. The van der Waals surface area contributed by atoms with Crippen LogP contribution in [0.25, 0.3) is 0 Å². The normalized spacial score (nSPS) is 17.6. The lowest BCUT2D eigenvalue weighted by atomic mass is 9.75. The number of nitrogens with zero attached hydrogens (tertiary/aromatic N) is 2. The quantitative estimate of drug-likeness (QED) is 0.786. The highest BCUT2D eigenvalue weighted by Gasteiger charge is 2.40. The van der Waals surface area contributed by atoms with Crippen LogP contribution in [0.1, 0.15) is 19.3 Å². The predicted molar refractivity (Wildman–Crippen MR) is 85.8 cm³/mol. The number of sulfonamides is 1. The van der Waals surface area contributed by atoms with Crippen molar-refractivity contribution in [1.82, 2.24) is 4.90 Å². The molecule has 0 saturated heterocycles. The van der Waals surface area contributed by atoms with Gasteiger partial charge in [-0.05, 0) is 51.6 Å². The molecule has 0 aliphatic heterocycles. The number of hydrogen-bond acceptors (Lipinski definition) is 5. The first-order valence-electron chi connectivity index (χ1n) is 6.97. The van der Waals surface area contributed by atoms with Gasteiger partial charge >= 0.3 is 0 Å². The van der Waals surface area contributed by atoms with E-state index in [-0.39, 0.29) is 10.4 Å². The number of primary sulfonamides is 1. The Labute approximate surface area is 126 Å². The van der Waals surface area contributed by atoms with Crippen LogP contribution in [0.3, 0.4) is 0 Å². The summed E-state index contributed by atoms with van der Waals surface area (Å²) in [7, 11) is 2.22. The molecule has 0 atom stereocenters. The first-order valence-corrected chi connectivity index (χ1v) is 8.51. The molecule has 0 amide bonds. The van der Waals surface area contributed by atoms with E-state index in [0.717, 1.165) is 19.4 Å². The summed E-state index contributed by atoms with van der Waals surface area (Å²) >= 11 is 0. The monoisotopic (exact) mass is 312 g/mol. The van der Waals surface area contributed by atoms with Gasteiger partial charge in [-0.3, -0.25) is 0 Å². The molecule has 1 saturated carbocycles. The van der Waals surface area contributed by atoms with E-state index in [2.05, 4.69) is 19.0 Å². The Morgan fingerprint density at radius 3 is 2.29 bits per heavy atom. The lowest BCUT2D eigenvalue weighted by Crippen LogP contribution is -2.56. The maximum Gasteiger partial charge on any atom is 0.240 e. The van der Waals surface area contributed by atoms with Crippen LogP contribution in [0.15, 0.2) is 23.1 Å². The summed E-state index contributed by atoms with van der Waals surface area (Å²) in [6.07, 6.45) is 3.43. The zero-order chi connectivity index (χ0) is 15.8. The minimum atomic E-state index is -3.80. The number of benzene rings is 1. The average Bonchev–Trinajstić information content (AvgIpc) is 2.31. The van der Waals surface area contributed by atoms with E-state index in [9.17, 15) is 8.42 Å². The number of rotatable bonds is 5. The zero-order valence-corrected chi connectivity index (χ0v) is 13.7. The van der Waals surface area contributed by atoms with Crippen LogP contribution in [-0.2, 0) is 10.0 Å². The van der Waals surface area contributed by atoms with E-state index < -0.39 is 10.0 Å². The van der Waals surface area contributed by atoms with Crippen molar-refractivity contribution in [3.05, 3.63) is 18.2 Å². The van der Waals surface area contributed by atoms with Crippen LogP contribution in [0, 0.1) is 0 Å². The van der Waals surface area contributed by atoms with Crippen LogP contribution >= 0.6 is 0 Å². The maximum atomic E-state index is 11.8. The predicted octanol–water partition coefficient (Wildman–Crippen LogP) is 0.837. The van der Waals surface area contributed by atoms with Gasteiger partial charge in [0.15, 0.2) is 0 Å². The van der Waals surface area contributed by atoms with Crippen LogP contribution in [-0.4, -0.2) is 46.5 Å². The van der Waals surface area contributed by atoms with Gasteiger partial charge in [-0.25, -0.2) is 13.6 Å². The van der Waals surface area contributed by atoms with Crippen molar-refractivity contribution in [2.45, 2.75) is 29.7 Å². The molecule has 4 N–H and O–H groups in total. The van der Waals surface area contributed by atoms with Gasteiger partial charge in [0.2, 0.25) is 10.0 Å². The Morgan fingerprint density at radius 1 is 1.24 bits per heavy atom. The SMILES string of the molecule is CN(CC1(N(C)C)CCC1)c1ccc(N)cc1S(N)(=O)=O. The molecule has 0 spiro atoms. The number of likely N-dealkylation sites (N-methyl/N-ethyl adjacent to an activating group) is 2. The van der Waals surface area contributed by atoms with E-state index in [4.69, 9.17) is 10.9 Å². The van der Waals surface area contributed by atoms with Gasteiger partial charge in [-0.15, -0.1) is 0 Å². The summed E-state index contributed by atoms with van der Waals surface area (Å²) in [5, 5.41) is 5.31. The largest absolute Gasteiger partial charge is 0.399 e. The Kier molecular flexibility index (Phi) is 4.19.